The normalized spacial score (nSPS) is 11.1. The third kappa shape index (κ3) is 4.35. The van der Waals surface area contributed by atoms with Gasteiger partial charge in [0.15, 0.2) is 5.69 Å². The average molecular weight is 386 g/mol. The third-order valence-electron chi connectivity index (χ3n) is 4.85. The first-order chi connectivity index (χ1) is 13.2. The number of carbonyl (C=O) groups excluding carboxylic acids is 1. The van der Waals surface area contributed by atoms with Crippen LogP contribution in [0.5, 0.6) is 0 Å². The summed E-state index contributed by atoms with van der Waals surface area (Å²) in [5.41, 5.74) is 7.44. The van der Waals surface area contributed by atoms with Crippen molar-refractivity contribution in [2.24, 2.45) is 5.92 Å². The zero-order valence-electron chi connectivity index (χ0n) is 17.3. The van der Waals surface area contributed by atoms with Gasteiger partial charge in [-0.2, -0.15) is 0 Å². The van der Waals surface area contributed by atoms with Crippen LogP contribution in [0.4, 0.5) is 11.5 Å². The molecule has 152 valence electrons. The van der Waals surface area contributed by atoms with Crippen LogP contribution in [0.1, 0.15) is 55.1 Å². The second-order valence-corrected chi connectivity index (χ2v) is 7.56. The molecule has 1 aromatic carbocycles. The van der Waals surface area contributed by atoms with E-state index < -0.39 is 11.2 Å². The van der Waals surface area contributed by atoms with E-state index in [-0.39, 0.29) is 23.3 Å². The molecular weight excluding hydrogens is 356 g/mol. The van der Waals surface area contributed by atoms with Gasteiger partial charge in [-0.3, -0.25) is 19.1 Å². The van der Waals surface area contributed by atoms with E-state index in [1.54, 1.807) is 6.07 Å². The first-order valence-electron chi connectivity index (χ1n) is 9.69. The highest BCUT2D eigenvalue weighted by Gasteiger charge is 2.27. The van der Waals surface area contributed by atoms with Gasteiger partial charge in [-0.1, -0.05) is 39.3 Å². The summed E-state index contributed by atoms with van der Waals surface area (Å²) in [6, 6.07) is 5.50. The fraction of sp³-hybridized carbons (Fsp3) is 0.476. The molecule has 0 radical (unpaired) electrons. The highest BCUT2D eigenvalue weighted by Crippen LogP contribution is 2.23. The Balaban J connectivity index is 2.66. The van der Waals surface area contributed by atoms with Crippen molar-refractivity contribution in [2.45, 2.75) is 54.0 Å². The lowest BCUT2D eigenvalue weighted by Crippen LogP contribution is -2.43. The monoisotopic (exact) mass is 386 g/mol. The summed E-state index contributed by atoms with van der Waals surface area (Å²) in [6.45, 7) is 10.4. The third-order valence-corrected chi connectivity index (χ3v) is 4.85. The van der Waals surface area contributed by atoms with E-state index in [0.717, 1.165) is 24.0 Å². The molecule has 28 heavy (non-hydrogen) atoms. The number of nitrogens with one attached hydrogen (secondary N) is 1. The summed E-state index contributed by atoms with van der Waals surface area (Å²) in [5, 5.41) is 0. The number of aryl methyl sites for hydroxylation is 1. The van der Waals surface area contributed by atoms with Crippen molar-refractivity contribution in [3.05, 3.63) is 55.7 Å². The van der Waals surface area contributed by atoms with Gasteiger partial charge in [-0.05, 0) is 43.4 Å². The Labute approximate surface area is 165 Å². The predicted octanol–water partition coefficient (Wildman–Crippen LogP) is 2.84. The molecule has 3 N–H and O–H groups in total. The molecule has 0 spiro atoms. The van der Waals surface area contributed by atoms with Crippen molar-refractivity contribution < 1.29 is 4.79 Å². The molecule has 1 amide bonds. The molecule has 1 heterocycles. The molecule has 0 aliphatic heterocycles. The Hall–Kier alpha value is -2.83. The summed E-state index contributed by atoms with van der Waals surface area (Å²) in [4.78, 5) is 42.0. The highest BCUT2D eigenvalue weighted by atomic mass is 16.2. The number of hydrogen-bond donors (Lipinski definition) is 2. The van der Waals surface area contributed by atoms with Crippen LogP contribution in [-0.2, 0) is 6.54 Å². The minimum atomic E-state index is -0.644. The van der Waals surface area contributed by atoms with Crippen molar-refractivity contribution in [1.29, 1.82) is 0 Å². The molecule has 2 aromatic rings. The van der Waals surface area contributed by atoms with Crippen molar-refractivity contribution in [3.63, 3.8) is 0 Å². The molecule has 0 aliphatic carbocycles. The molecule has 7 nitrogen and oxygen atoms in total. The molecule has 0 bridgehead atoms. The van der Waals surface area contributed by atoms with Gasteiger partial charge in [0.05, 0.1) is 0 Å². The summed E-state index contributed by atoms with van der Waals surface area (Å²) in [7, 11) is 0. The van der Waals surface area contributed by atoms with Gasteiger partial charge >= 0.3 is 5.69 Å². The van der Waals surface area contributed by atoms with Crippen molar-refractivity contribution in [2.75, 3.05) is 17.2 Å². The van der Waals surface area contributed by atoms with Crippen LogP contribution < -0.4 is 21.9 Å². The number of nitrogens with two attached hydrogens (primary N) is 1. The molecule has 0 saturated heterocycles. The molecule has 0 atom stereocenters. The number of aromatic nitrogens is 2. The number of nitrogen functional groups attached to an aromatic ring is 1. The number of unbranched alkanes of at least 4 members (excludes halogenated alkanes) is 1. The van der Waals surface area contributed by atoms with Gasteiger partial charge in [-0.25, -0.2) is 4.79 Å². The Morgan fingerprint density at radius 3 is 2.54 bits per heavy atom. The number of anilines is 2. The number of carbonyl (C=O) groups is 1. The first kappa shape index (κ1) is 21.5. The van der Waals surface area contributed by atoms with E-state index >= 15 is 0 Å². The number of H-pyrrole nitrogens is 1. The Kier molecular flexibility index (Phi) is 6.83. The van der Waals surface area contributed by atoms with Gasteiger partial charge in [0.1, 0.15) is 5.82 Å². The summed E-state index contributed by atoms with van der Waals surface area (Å²) >= 11 is 0. The molecular formula is C21H30N4O3. The SMILES string of the molecule is CCCCn1c(N)c(N(CC(C)C)C(=O)c2cccc(C)c2C)c(=O)[nH]c1=O. The topological polar surface area (TPSA) is 101 Å². The van der Waals surface area contributed by atoms with E-state index in [9.17, 15) is 14.4 Å². The molecule has 0 saturated carbocycles. The Morgan fingerprint density at radius 1 is 1.25 bits per heavy atom. The van der Waals surface area contributed by atoms with Crippen molar-refractivity contribution in [3.8, 4) is 0 Å². The van der Waals surface area contributed by atoms with Crippen LogP contribution in [0.3, 0.4) is 0 Å². The summed E-state index contributed by atoms with van der Waals surface area (Å²) in [6.07, 6.45) is 1.61. The maximum Gasteiger partial charge on any atom is 0.330 e. The maximum atomic E-state index is 13.4. The second kappa shape index (κ2) is 8.91. The van der Waals surface area contributed by atoms with Crippen LogP contribution in [0.25, 0.3) is 0 Å². The Bertz CT molecular complexity index is 973. The molecule has 1 aromatic heterocycles. The van der Waals surface area contributed by atoms with E-state index in [4.69, 9.17) is 5.73 Å². The van der Waals surface area contributed by atoms with Gasteiger partial charge in [0.2, 0.25) is 0 Å². The summed E-state index contributed by atoms with van der Waals surface area (Å²) < 4.78 is 1.34. The number of hydrogen-bond acceptors (Lipinski definition) is 4. The van der Waals surface area contributed by atoms with Crippen LogP contribution in [-0.4, -0.2) is 22.0 Å². The molecule has 0 unspecified atom stereocenters. The second-order valence-electron chi connectivity index (χ2n) is 7.56. The van der Waals surface area contributed by atoms with Crippen LogP contribution in [0.2, 0.25) is 0 Å². The lowest BCUT2D eigenvalue weighted by molar-refractivity contribution is 0.0983. The van der Waals surface area contributed by atoms with Gasteiger partial charge in [-0.15, -0.1) is 0 Å². The van der Waals surface area contributed by atoms with E-state index in [2.05, 4.69) is 4.98 Å². The fourth-order valence-corrected chi connectivity index (χ4v) is 3.15. The minimum absolute atomic E-state index is 0.0292. The highest BCUT2D eigenvalue weighted by molar-refractivity contribution is 6.08. The number of aromatic amines is 1. The van der Waals surface area contributed by atoms with Gasteiger partial charge in [0.25, 0.3) is 11.5 Å². The Morgan fingerprint density at radius 2 is 1.93 bits per heavy atom. The lowest BCUT2D eigenvalue weighted by Gasteiger charge is -2.27. The number of benzene rings is 1. The largest absolute Gasteiger partial charge is 0.383 e. The van der Waals surface area contributed by atoms with Crippen LogP contribution >= 0.6 is 0 Å². The predicted molar refractivity (Wildman–Crippen MR) is 113 cm³/mol. The summed E-state index contributed by atoms with van der Waals surface area (Å²) in [5.74, 6) is -0.168. The number of amides is 1. The average Bonchev–Trinajstić information content (AvgIpc) is 2.62. The lowest BCUT2D eigenvalue weighted by atomic mass is 10.0. The number of nitrogens with zero attached hydrogens (tertiary/aromatic N) is 2. The molecule has 7 heteroatoms. The smallest absolute Gasteiger partial charge is 0.330 e. The standard InChI is InChI=1S/C21H30N4O3/c1-6-7-11-24-18(22)17(19(26)23-21(24)28)25(12-13(2)3)20(27)16-10-8-9-14(4)15(16)5/h8-10,13H,6-7,11-12,22H2,1-5H3,(H,23,26,28). The minimum Gasteiger partial charge on any atom is -0.383 e. The fourth-order valence-electron chi connectivity index (χ4n) is 3.15. The van der Waals surface area contributed by atoms with Crippen LogP contribution in [0, 0.1) is 19.8 Å². The molecule has 2 rings (SSSR count). The molecule has 0 fully saturated rings. The molecule has 0 aliphatic rings. The van der Waals surface area contributed by atoms with E-state index in [1.807, 2.05) is 46.8 Å². The maximum absolute atomic E-state index is 13.4. The van der Waals surface area contributed by atoms with Crippen molar-refractivity contribution >= 4 is 17.4 Å². The zero-order valence-corrected chi connectivity index (χ0v) is 17.3. The van der Waals surface area contributed by atoms with Gasteiger partial charge < -0.3 is 10.6 Å². The van der Waals surface area contributed by atoms with E-state index in [1.165, 1.54) is 9.47 Å². The van der Waals surface area contributed by atoms with E-state index in [0.29, 0.717) is 18.7 Å². The first-order valence-corrected chi connectivity index (χ1v) is 9.69. The number of rotatable bonds is 7. The zero-order chi connectivity index (χ0) is 21.0. The van der Waals surface area contributed by atoms with Crippen LogP contribution in [0.15, 0.2) is 27.8 Å². The van der Waals surface area contributed by atoms with Gasteiger partial charge in [0, 0.05) is 18.7 Å². The van der Waals surface area contributed by atoms with Crippen molar-refractivity contribution in [1.82, 2.24) is 9.55 Å². The quantitative estimate of drug-likeness (QED) is 0.764.